The highest BCUT2D eigenvalue weighted by Gasteiger charge is 2.46. The van der Waals surface area contributed by atoms with Crippen LogP contribution in [0.3, 0.4) is 0 Å². The van der Waals surface area contributed by atoms with E-state index in [1.807, 2.05) is 9.80 Å². The number of anilines is 2. The van der Waals surface area contributed by atoms with Gasteiger partial charge in [-0.15, -0.1) is 0 Å². The summed E-state index contributed by atoms with van der Waals surface area (Å²) in [5.41, 5.74) is -0.300. The summed E-state index contributed by atoms with van der Waals surface area (Å²) in [6.07, 6.45) is -1.01. The summed E-state index contributed by atoms with van der Waals surface area (Å²) in [5, 5.41) is 4.56. The number of rotatable bonds is 4. The first-order chi connectivity index (χ1) is 15.2. The standard InChI is InChI=1S/C20H20F5N7/c21-15(22)10-32-17-13(9-28-32)8-27-18(29-17)30-5-2-19(3-6-30)11-31(12-19)16-7-14(1-4-26-16)20(23,24)25/h1,4,7-9,15H,2-3,5-6,10-12H2. The molecule has 0 atom stereocenters. The summed E-state index contributed by atoms with van der Waals surface area (Å²) < 4.78 is 65.6. The van der Waals surface area contributed by atoms with Gasteiger partial charge in [0.05, 0.1) is 17.1 Å². The number of pyridine rings is 1. The Morgan fingerprint density at radius 3 is 2.47 bits per heavy atom. The van der Waals surface area contributed by atoms with Gasteiger partial charge >= 0.3 is 6.18 Å². The van der Waals surface area contributed by atoms with Gasteiger partial charge in [-0.3, -0.25) is 0 Å². The number of aromatic nitrogens is 5. The third kappa shape index (κ3) is 3.82. The fraction of sp³-hybridized carbons (Fsp3) is 0.500. The van der Waals surface area contributed by atoms with Crippen molar-refractivity contribution in [3.63, 3.8) is 0 Å². The van der Waals surface area contributed by atoms with Crippen LogP contribution in [0.15, 0.2) is 30.7 Å². The molecule has 12 heteroatoms. The highest BCUT2D eigenvalue weighted by molar-refractivity contribution is 5.74. The van der Waals surface area contributed by atoms with Crippen LogP contribution in [-0.4, -0.2) is 57.3 Å². The van der Waals surface area contributed by atoms with Gasteiger partial charge < -0.3 is 9.80 Å². The van der Waals surface area contributed by atoms with Gasteiger partial charge in [-0.05, 0) is 25.0 Å². The van der Waals surface area contributed by atoms with E-state index in [1.165, 1.54) is 17.1 Å². The molecule has 3 aromatic rings. The average Bonchev–Trinajstić information content (AvgIpc) is 3.13. The molecule has 0 saturated carbocycles. The highest BCUT2D eigenvalue weighted by Crippen LogP contribution is 2.43. The van der Waals surface area contributed by atoms with Gasteiger partial charge in [0, 0.05) is 44.0 Å². The second-order valence-corrected chi connectivity index (χ2v) is 8.41. The topological polar surface area (TPSA) is 63.0 Å². The van der Waals surface area contributed by atoms with E-state index in [-0.39, 0.29) is 5.41 Å². The van der Waals surface area contributed by atoms with Crippen LogP contribution in [0, 0.1) is 5.41 Å². The van der Waals surface area contributed by atoms with Crippen LogP contribution in [0.5, 0.6) is 0 Å². The van der Waals surface area contributed by atoms with Crippen LogP contribution in [0.1, 0.15) is 18.4 Å². The SMILES string of the molecule is FC(F)Cn1ncc2cnc(N3CCC4(CC3)CN(c3cc(C(F)(F)F)ccn3)C4)nc21. The number of fused-ring (bicyclic) bond motifs is 1. The Morgan fingerprint density at radius 2 is 1.78 bits per heavy atom. The van der Waals surface area contributed by atoms with Crippen molar-refractivity contribution < 1.29 is 22.0 Å². The van der Waals surface area contributed by atoms with Crippen LogP contribution >= 0.6 is 0 Å². The molecule has 2 aliphatic rings. The zero-order valence-corrected chi connectivity index (χ0v) is 16.9. The molecule has 0 radical (unpaired) electrons. The Labute approximate surface area is 179 Å². The molecule has 3 aromatic heterocycles. The normalized spacial score (nSPS) is 18.6. The fourth-order valence-corrected chi connectivity index (χ4v) is 4.46. The van der Waals surface area contributed by atoms with E-state index in [0.29, 0.717) is 49.0 Å². The predicted octanol–water partition coefficient (Wildman–Crippen LogP) is 3.61. The molecule has 2 fully saturated rings. The number of halogens is 5. The molecule has 7 nitrogen and oxygen atoms in total. The lowest BCUT2D eigenvalue weighted by molar-refractivity contribution is -0.137. The van der Waals surface area contributed by atoms with Crippen molar-refractivity contribution in [1.82, 2.24) is 24.7 Å². The quantitative estimate of drug-likeness (QED) is 0.563. The first-order valence-electron chi connectivity index (χ1n) is 10.2. The Morgan fingerprint density at radius 1 is 1.03 bits per heavy atom. The Bertz CT molecular complexity index is 1110. The van der Waals surface area contributed by atoms with Crippen LogP contribution in [0.4, 0.5) is 33.7 Å². The lowest BCUT2D eigenvalue weighted by Gasteiger charge is -2.54. The number of nitrogens with zero attached hydrogens (tertiary/aromatic N) is 7. The maximum absolute atomic E-state index is 13.0. The zero-order chi connectivity index (χ0) is 22.5. The molecule has 0 aromatic carbocycles. The summed E-state index contributed by atoms with van der Waals surface area (Å²) in [6, 6.07) is 2.06. The summed E-state index contributed by atoms with van der Waals surface area (Å²) in [7, 11) is 0. The molecular formula is C20H20F5N7. The van der Waals surface area contributed by atoms with Crippen molar-refractivity contribution in [3.05, 3.63) is 36.3 Å². The molecule has 0 N–H and O–H groups in total. The van der Waals surface area contributed by atoms with Gasteiger partial charge in [-0.2, -0.15) is 23.3 Å². The molecule has 5 rings (SSSR count). The fourth-order valence-electron chi connectivity index (χ4n) is 4.46. The lowest BCUT2D eigenvalue weighted by atomic mass is 9.72. The minimum Gasteiger partial charge on any atom is -0.355 e. The van der Waals surface area contributed by atoms with Crippen molar-refractivity contribution in [3.8, 4) is 0 Å². The molecule has 0 unspecified atom stereocenters. The smallest absolute Gasteiger partial charge is 0.355 e. The van der Waals surface area contributed by atoms with Gasteiger partial charge in [-0.1, -0.05) is 0 Å². The summed E-state index contributed by atoms with van der Waals surface area (Å²) in [5.74, 6) is 0.813. The minimum absolute atomic E-state index is 0.0218. The number of alkyl halides is 5. The second kappa shape index (κ2) is 7.52. The van der Waals surface area contributed by atoms with Gasteiger partial charge in [0.15, 0.2) is 5.65 Å². The molecule has 5 heterocycles. The molecule has 2 aliphatic heterocycles. The van der Waals surface area contributed by atoms with E-state index >= 15 is 0 Å². The molecule has 0 bridgehead atoms. The zero-order valence-electron chi connectivity index (χ0n) is 16.9. The van der Waals surface area contributed by atoms with E-state index in [4.69, 9.17) is 0 Å². The molecule has 2 saturated heterocycles. The third-order valence-electron chi connectivity index (χ3n) is 6.23. The van der Waals surface area contributed by atoms with E-state index in [0.717, 1.165) is 25.0 Å². The summed E-state index contributed by atoms with van der Waals surface area (Å²) >= 11 is 0. The Hall–Kier alpha value is -3.05. The largest absolute Gasteiger partial charge is 0.416 e. The third-order valence-corrected chi connectivity index (χ3v) is 6.23. The van der Waals surface area contributed by atoms with E-state index in [9.17, 15) is 22.0 Å². The van der Waals surface area contributed by atoms with Crippen molar-refractivity contribution in [2.75, 3.05) is 36.0 Å². The Balaban J connectivity index is 1.24. The van der Waals surface area contributed by atoms with Crippen molar-refractivity contribution >= 4 is 22.8 Å². The maximum Gasteiger partial charge on any atom is 0.416 e. The highest BCUT2D eigenvalue weighted by atomic mass is 19.4. The average molecular weight is 453 g/mol. The summed E-state index contributed by atoms with van der Waals surface area (Å²) in [4.78, 5) is 16.8. The van der Waals surface area contributed by atoms with Crippen molar-refractivity contribution in [1.29, 1.82) is 0 Å². The molecule has 1 spiro atoms. The first-order valence-corrected chi connectivity index (χ1v) is 10.2. The van der Waals surface area contributed by atoms with Gasteiger partial charge in [0.1, 0.15) is 12.4 Å². The van der Waals surface area contributed by atoms with Crippen LogP contribution in [0.2, 0.25) is 0 Å². The first kappa shape index (κ1) is 20.8. The lowest BCUT2D eigenvalue weighted by Crippen LogP contribution is -2.61. The molecule has 0 aliphatic carbocycles. The summed E-state index contributed by atoms with van der Waals surface area (Å²) in [6.45, 7) is 2.13. The Kier molecular flexibility index (Phi) is 4.90. The predicted molar refractivity (Wildman–Crippen MR) is 107 cm³/mol. The van der Waals surface area contributed by atoms with E-state index in [1.54, 1.807) is 6.20 Å². The van der Waals surface area contributed by atoms with Crippen molar-refractivity contribution in [2.24, 2.45) is 5.41 Å². The number of piperidine rings is 1. The maximum atomic E-state index is 13.0. The molecular weight excluding hydrogens is 433 g/mol. The van der Waals surface area contributed by atoms with E-state index < -0.39 is 24.7 Å². The molecule has 0 amide bonds. The van der Waals surface area contributed by atoms with Gasteiger partial charge in [0.25, 0.3) is 6.43 Å². The number of hydrogen-bond acceptors (Lipinski definition) is 6. The van der Waals surface area contributed by atoms with Crippen LogP contribution < -0.4 is 9.80 Å². The van der Waals surface area contributed by atoms with Gasteiger partial charge in [-0.25, -0.2) is 23.4 Å². The van der Waals surface area contributed by atoms with Crippen LogP contribution in [0.25, 0.3) is 11.0 Å². The van der Waals surface area contributed by atoms with E-state index in [2.05, 4.69) is 20.1 Å². The minimum atomic E-state index is -4.39. The molecule has 170 valence electrons. The molecule has 32 heavy (non-hydrogen) atoms. The monoisotopic (exact) mass is 453 g/mol. The number of hydrogen-bond donors (Lipinski definition) is 0. The second-order valence-electron chi connectivity index (χ2n) is 8.41. The van der Waals surface area contributed by atoms with Crippen LogP contribution in [-0.2, 0) is 12.7 Å². The van der Waals surface area contributed by atoms with Crippen molar-refractivity contribution in [2.45, 2.75) is 32.0 Å². The van der Waals surface area contributed by atoms with Gasteiger partial charge in [0.2, 0.25) is 5.95 Å².